The molecule has 2 atom stereocenters. The number of thioether (sulfide) groups is 1. The Morgan fingerprint density at radius 2 is 1.88 bits per heavy atom. The Kier molecular flexibility index (Phi) is 4.75. The first-order chi connectivity index (χ1) is 15.2. The van der Waals surface area contributed by atoms with Crippen molar-refractivity contribution in [3.8, 4) is 11.4 Å². The van der Waals surface area contributed by atoms with Crippen LogP contribution in [0.4, 0.5) is 13.2 Å². The average Bonchev–Trinajstić information content (AvgIpc) is 3.20. The maximum atomic E-state index is 13.1. The van der Waals surface area contributed by atoms with E-state index in [4.69, 9.17) is 5.10 Å². The minimum atomic E-state index is -4.45. The lowest BCUT2D eigenvalue weighted by Crippen LogP contribution is -2.41. The zero-order valence-electron chi connectivity index (χ0n) is 18.5. The maximum Gasteiger partial charge on any atom is 0.433 e. The Labute approximate surface area is 191 Å². The van der Waals surface area contributed by atoms with Crippen molar-refractivity contribution in [1.82, 2.24) is 19.7 Å². The second kappa shape index (κ2) is 7.23. The zero-order valence-corrected chi connectivity index (χ0v) is 19.3. The highest BCUT2D eigenvalue weighted by Crippen LogP contribution is 2.64. The topological polar surface area (TPSA) is 34.0 Å². The number of alkyl halides is 3. The van der Waals surface area contributed by atoms with Gasteiger partial charge in [0.05, 0.1) is 5.69 Å². The van der Waals surface area contributed by atoms with E-state index in [-0.39, 0.29) is 6.04 Å². The summed E-state index contributed by atoms with van der Waals surface area (Å²) in [5, 5.41) is 4.70. The van der Waals surface area contributed by atoms with E-state index in [1.807, 2.05) is 10.7 Å². The second-order valence-electron chi connectivity index (χ2n) is 10.6. The lowest BCUT2D eigenvalue weighted by molar-refractivity contribution is -0.141. The summed E-state index contributed by atoms with van der Waals surface area (Å²) in [6.45, 7) is 6.71. The molecule has 6 rings (SSSR count). The van der Waals surface area contributed by atoms with Crippen LogP contribution in [0.3, 0.4) is 0 Å². The van der Waals surface area contributed by atoms with E-state index >= 15 is 0 Å². The highest BCUT2D eigenvalue weighted by molar-refractivity contribution is 8.00. The van der Waals surface area contributed by atoms with Gasteiger partial charge in [-0.2, -0.15) is 30.0 Å². The number of pyridine rings is 1. The lowest BCUT2D eigenvalue weighted by Gasteiger charge is -2.38. The Balaban J connectivity index is 1.20. The molecule has 2 saturated carbocycles. The first kappa shape index (κ1) is 21.0. The van der Waals surface area contributed by atoms with Gasteiger partial charge in [0.1, 0.15) is 11.4 Å². The summed E-state index contributed by atoms with van der Waals surface area (Å²) in [7, 11) is 0. The molecule has 32 heavy (non-hydrogen) atoms. The van der Waals surface area contributed by atoms with Gasteiger partial charge in [-0.25, -0.2) is 4.98 Å². The van der Waals surface area contributed by atoms with Gasteiger partial charge in [-0.05, 0) is 69.7 Å². The summed E-state index contributed by atoms with van der Waals surface area (Å²) < 4.78 is 41.4. The summed E-state index contributed by atoms with van der Waals surface area (Å²) in [6.07, 6.45) is -0.588. The third-order valence-electron chi connectivity index (χ3n) is 8.12. The minimum absolute atomic E-state index is 0.163. The van der Waals surface area contributed by atoms with Gasteiger partial charge in [-0.15, -0.1) is 0 Å². The van der Waals surface area contributed by atoms with Crippen LogP contribution in [-0.4, -0.2) is 50.3 Å². The van der Waals surface area contributed by atoms with Crippen LogP contribution in [0.2, 0.25) is 0 Å². The van der Waals surface area contributed by atoms with Crippen LogP contribution in [0.15, 0.2) is 24.3 Å². The number of halogens is 3. The van der Waals surface area contributed by atoms with Gasteiger partial charge in [0.25, 0.3) is 0 Å². The standard InChI is InChI=1S/C24H29F3N4S/c1-14(2)31-20(10-19(29-31)18-4-3-5-21(28-18)24(25,26)27)22-16-8-15(9-17(16)22)30-7-6-23(11-30)12-32-13-23/h3-5,10,14-17,22H,6-9,11-13H2,1-2H3. The molecule has 4 aliphatic rings. The van der Waals surface area contributed by atoms with Crippen molar-refractivity contribution in [3.63, 3.8) is 0 Å². The number of fused-ring (bicyclic) bond motifs is 1. The number of nitrogens with zero attached hydrogens (tertiary/aromatic N) is 4. The molecule has 172 valence electrons. The quantitative estimate of drug-likeness (QED) is 0.603. The van der Waals surface area contributed by atoms with Gasteiger partial charge in [0, 0.05) is 47.2 Å². The fourth-order valence-corrected chi connectivity index (χ4v) is 7.64. The largest absolute Gasteiger partial charge is 0.433 e. The van der Waals surface area contributed by atoms with E-state index in [0.29, 0.717) is 40.6 Å². The molecule has 8 heteroatoms. The molecule has 2 aromatic rings. The SMILES string of the molecule is CC(C)n1nc(-c2cccc(C(F)(F)F)n2)cc1C1C2CC(N3CCC4(CSC4)C3)CC21. The van der Waals surface area contributed by atoms with E-state index in [9.17, 15) is 13.2 Å². The van der Waals surface area contributed by atoms with Gasteiger partial charge >= 0.3 is 6.18 Å². The summed E-state index contributed by atoms with van der Waals surface area (Å²) in [6, 6.07) is 6.93. The molecule has 2 unspecified atom stereocenters. The zero-order chi connectivity index (χ0) is 22.3. The molecule has 4 nitrogen and oxygen atoms in total. The Morgan fingerprint density at radius 1 is 1.12 bits per heavy atom. The van der Waals surface area contributed by atoms with Crippen LogP contribution in [0.25, 0.3) is 11.4 Å². The maximum absolute atomic E-state index is 13.1. The summed E-state index contributed by atoms with van der Waals surface area (Å²) >= 11 is 2.09. The van der Waals surface area contributed by atoms with Crippen molar-refractivity contribution in [2.24, 2.45) is 17.3 Å². The number of hydrogen-bond acceptors (Lipinski definition) is 4. The van der Waals surface area contributed by atoms with Crippen LogP contribution in [0.5, 0.6) is 0 Å². The molecule has 4 heterocycles. The van der Waals surface area contributed by atoms with Crippen LogP contribution < -0.4 is 0 Å². The van der Waals surface area contributed by atoms with Crippen LogP contribution in [-0.2, 0) is 6.18 Å². The molecule has 0 aromatic carbocycles. The lowest BCUT2D eigenvalue weighted by atomic mass is 9.91. The summed E-state index contributed by atoms with van der Waals surface area (Å²) in [5.41, 5.74) is 1.76. The van der Waals surface area contributed by atoms with Crippen molar-refractivity contribution in [1.29, 1.82) is 0 Å². The molecule has 2 aromatic heterocycles. The molecule has 4 fully saturated rings. The van der Waals surface area contributed by atoms with E-state index in [1.54, 1.807) is 6.07 Å². The number of likely N-dealkylation sites (tertiary alicyclic amines) is 1. The Morgan fingerprint density at radius 3 is 2.47 bits per heavy atom. The van der Waals surface area contributed by atoms with E-state index in [0.717, 1.165) is 6.07 Å². The number of rotatable bonds is 4. The summed E-state index contributed by atoms with van der Waals surface area (Å²) in [4.78, 5) is 6.61. The monoisotopic (exact) mass is 462 g/mol. The van der Waals surface area contributed by atoms with Gasteiger partial charge in [-0.3, -0.25) is 9.58 Å². The molecule has 0 amide bonds. The van der Waals surface area contributed by atoms with Crippen molar-refractivity contribution < 1.29 is 13.2 Å². The molecule has 2 aliphatic carbocycles. The molecule has 1 spiro atoms. The first-order valence-corrected chi connectivity index (χ1v) is 12.9. The third kappa shape index (κ3) is 3.40. The van der Waals surface area contributed by atoms with E-state index in [1.165, 1.54) is 55.6 Å². The van der Waals surface area contributed by atoms with E-state index < -0.39 is 11.9 Å². The smallest absolute Gasteiger partial charge is 0.300 e. The Hall–Kier alpha value is -1.54. The predicted octanol–water partition coefficient (Wildman–Crippen LogP) is 5.48. The number of aromatic nitrogens is 3. The van der Waals surface area contributed by atoms with Crippen molar-refractivity contribution in [2.45, 2.75) is 57.3 Å². The van der Waals surface area contributed by atoms with Crippen LogP contribution in [0, 0.1) is 17.3 Å². The van der Waals surface area contributed by atoms with Gasteiger partial charge in [0.2, 0.25) is 0 Å². The molecular weight excluding hydrogens is 433 g/mol. The normalized spacial score (nSPS) is 31.3. The summed E-state index contributed by atoms with van der Waals surface area (Å²) in [5.74, 6) is 4.53. The highest BCUT2D eigenvalue weighted by atomic mass is 32.2. The third-order valence-corrected chi connectivity index (χ3v) is 9.75. The fourth-order valence-electron chi connectivity index (χ4n) is 6.39. The number of hydrogen-bond donors (Lipinski definition) is 0. The van der Waals surface area contributed by atoms with Crippen LogP contribution >= 0.6 is 11.8 Å². The van der Waals surface area contributed by atoms with Crippen molar-refractivity contribution in [2.75, 3.05) is 24.6 Å². The molecule has 0 bridgehead atoms. The van der Waals surface area contributed by atoms with Gasteiger partial charge in [0.15, 0.2) is 0 Å². The van der Waals surface area contributed by atoms with Crippen molar-refractivity contribution >= 4 is 11.8 Å². The predicted molar refractivity (Wildman–Crippen MR) is 120 cm³/mol. The molecule has 0 radical (unpaired) electrons. The van der Waals surface area contributed by atoms with Gasteiger partial charge in [-0.1, -0.05) is 6.07 Å². The molecular formula is C24H29F3N4S. The molecule has 2 aliphatic heterocycles. The van der Waals surface area contributed by atoms with Crippen molar-refractivity contribution in [3.05, 3.63) is 35.7 Å². The second-order valence-corrected chi connectivity index (χ2v) is 11.6. The van der Waals surface area contributed by atoms with Gasteiger partial charge < -0.3 is 0 Å². The van der Waals surface area contributed by atoms with E-state index in [2.05, 4.69) is 35.5 Å². The molecule has 2 saturated heterocycles. The highest BCUT2D eigenvalue weighted by Gasteiger charge is 2.59. The Bertz CT molecular complexity index is 1020. The molecule has 0 N–H and O–H groups in total. The average molecular weight is 463 g/mol. The first-order valence-electron chi connectivity index (χ1n) is 11.7. The minimum Gasteiger partial charge on any atom is -0.300 e. The fraction of sp³-hybridized carbons (Fsp3) is 0.667. The van der Waals surface area contributed by atoms with Crippen LogP contribution in [0.1, 0.15) is 56.5 Å².